The zero-order chi connectivity index (χ0) is 26.5. The van der Waals surface area contributed by atoms with Gasteiger partial charge in [-0.1, -0.05) is 42.0 Å². The third kappa shape index (κ3) is 5.17. The molecule has 0 saturated heterocycles. The van der Waals surface area contributed by atoms with Crippen LogP contribution in [0.1, 0.15) is 43.9 Å². The van der Waals surface area contributed by atoms with Gasteiger partial charge in [-0.2, -0.15) is 13.2 Å². The van der Waals surface area contributed by atoms with Crippen LogP contribution in [0.2, 0.25) is 0 Å². The summed E-state index contributed by atoms with van der Waals surface area (Å²) in [6, 6.07) is 10.8. The number of methoxy groups -OCH3 is 1. The standard InChI is InChI=1S/C28H30F4N2O2/c1-5-6-11-22-25(18(2)3)26(33)34-27(22,19-9-7-10-21(16-19)36-15-8-14-29)20-12-13-24(35-4)23(17-20)28(30,31)32/h5-7,9-13,16-17H,8,14-15H2,1-4H3,(H2,33,34)/b6-5-,22-11+. The van der Waals surface area contributed by atoms with E-state index >= 15 is 0 Å². The largest absolute Gasteiger partial charge is 0.496 e. The molecule has 1 unspecified atom stereocenters. The molecule has 0 fully saturated rings. The van der Waals surface area contributed by atoms with Gasteiger partial charge >= 0.3 is 6.18 Å². The fourth-order valence-electron chi connectivity index (χ4n) is 4.35. The Hall–Kier alpha value is -3.55. The van der Waals surface area contributed by atoms with Gasteiger partial charge in [0.1, 0.15) is 22.9 Å². The molecule has 8 heteroatoms. The molecule has 0 saturated carbocycles. The number of nitrogens with two attached hydrogens (primary N) is 1. The lowest BCUT2D eigenvalue weighted by Gasteiger charge is -2.31. The highest BCUT2D eigenvalue weighted by Gasteiger charge is 2.47. The van der Waals surface area contributed by atoms with Gasteiger partial charge in [-0.05, 0) is 61.7 Å². The SMILES string of the molecule is C/C=C\C=C1/C(=C(C)C)C(N)=NC1(c1cccc(OCCCF)c1)c1ccc(OC)c(C(F)(F)F)c1. The van der Waals surface area contributed by atoms with Gasteiger partial charge in [0.05, 0.1) is 26.0 Å². The number of nitrogens with zero attached hydrogens (tertiary/aromatic N) is 1. The summed E-state index contributed by atoms with van der Waals surface area (Å²) in [4.78, 5) is 4.82. The first-order chi connectivity index (χ1) is 17.1. The summed E-state index contributed by atoms with van der Waals surface area (Å²) in [6.45, 7) is 5.25. The fourth-order valence-corrected chi connectivity index (χ4v) is 4.35. The molecule has 0 aromatic heterocycles. The fraction of sp³-hybridized carbons (Fsp3) is 0.321. The predicted octanol–water partition coefficient (Wildman–Crippen LogP) is 6.91. The number of hydrogen-bond donors (Lipinski definition) is 1. The summed E-state index contributed by atoms with van der Waals surface area (Å²) in [6.07, 6.45) is 1.01. The molecule has 0 spiro atoms. The van der Waals surface area contributed by atoms with E-state index in [2.05, 4.69) is 0 Å². The second kappa shape index (κ2) is 11.0. The summed E-state index contributed by atoms with van der Waals surface area (Å²) < 4.78 is 65.4. The van der Waals surface area contributed by atoms with Gasteiger partial charge in [0.15, 0.2) is 0 Å². The van der Waals surface area contributed by atoms with E-state index in [1.54, 1.807) is 36.4 Å². The number of aliphatic imine (C=N–C) groups is 1. The van der Waals surface area contributed by atoms with E-state index in [0.29, 0.717) is 22.5 Å². The van der Waals surface area contributed by atoms with Crippen molar-refractivity contribution in [3.63, 3.8) is 0 Å². The zero-order valence-electron chi connectivity index (χ0n) is 20.7. The van der Waals surface area contributed by atoms with E-state index in [1.165, 1.54) is 13.2 Å². The van der Waals surface area contributed by atoms with Crippen molar-refractivity contribution in [1.82, 2.24) is 0 Å². The summed E-state index contributed by atoms with van der Waals surface area (Å²) in [7, 11) is 1.20. The van der Waals surface area contributed by atoms with E-state index in [-0.39, 0.29) is 30.2 Å². The number of halogens is 4. The third-order valence-electron chi connectivity index (χ3n) is 5.88. The molecule has 1 atom stereocenters. The molecule has 192 valence electrons. The first-order valence-electron chi connectivity index (χ1n) is 11.5. The van der Waals surface area contributed by atoms with Gasteiger partial charge in [-0.25, -0.2) is 4.99 Å². The molecule has 4 nitrogen and oxygen atoms in total. The van der Waals surface area contributed by atoms with Crippen molar-refractivity contribution in [2.24, 2.45) is 10.7 Å². The quantitative estimate of drug-likeness (QED) is 0.315. The molecule has 2 N–H and O–H groups in total. The van der Waals surface area contributed by atoms with Crippen molar-refractivity contribution in [3.8, 4) is 11.5 Å². The van der Waals surface area contributed by atoms with Crippen LogP contribution >= 0.6 is 0 Å². The highest BCUT2D eigenvalue weighted by atomic mass is 19.4. The summed E-state index contributed by atoms with van der Waals surface area (Å²) in [5, 5.41) is 0. The van der Waals surface area contributed by atoms with E-state index in [0.717, 1.165) is 11.6 Å². The summed E-state index contributed by atoms with van der Waals surface area (Å²) in [5.74, 6) is 0.384. The first-order valence-corrected chi connectivity index (χ1v) is 11.5. The lowest BCUT2D eigenvalue weighted by molar-refractivity contribution is -0.138. The number of ether oxygens (including phenoxy) is 2. The van der Waals surface area contributed by atoms with Crippen molar-refractivity contribution >= 4 is 5.84 Å². The smallest absolute Gasteiger partial charge is 0.419 e. The normalized spacial score (nSPS) is 19.2. The van der Waals surface area contributed by atoms with Gasteiger partial charge in [-0.3, -0.25) is 4.39 Å². The number of benzene rings is 2. The molecule has 0 bridgehead atoms. The molecule has 2 aromatic rings. The lowest BCUT2D eigenvalue weighted by atomic mass is 9.75. The maximum absolute atomic E-state index is 14.0. The Morgan fingerprint density at radius 3 is 2.44 bits per heavy atom. The molecule has 1 heterocycles. The van der Waals surface area contributed by atoms with E-state index in [1.807, 2.05) is 32.9 Å². The van der Waals surface area contributed by atoms with Crippen LogP contribution in [0.3, 0.4) is 0 Å². The molecule has 2 aromatic carbocycles. The highest BCUT2D eigenvalue weighted by Crippen LogP contribution is 2.51. The first kappa shape index (κ1) is 27.0. The van der Waals surface area contributed by atoms with Crippen LogP contribution in [0.25, 0.3) is 0 Å². The molecular formula is C28H30F4N2O2. The van der Waals surface area contributed by atoms with Crippen molar-refractivity contribution in [2.45, 2.75) is 38.9 Å². The monoisotopic (exact) mass is 502 g/mol. The zero-order valence-corrected chi connectivity index (χ0v) is 20.7. The molecule has 3 rings (SSSR count). The van der Waals surface area contributed by atoms with Crippen LogP contribution in [-0.2, 0) is 11.7 Å². The molecule has 0 radical (unpaired) electrons. The van der Waals surface area contributed by atoms with Gasteiger partial charge < -0.3 is 15.2 Å². The van der Waals surface area contributed by atoms with Gasteiger partial charge in [-0.15, -0.1) is 0 Å². The number of alkyl halides is 4. The Bertz CT molecular complexity index is 1220. The minimum absolute atomic E-state index is 0.166. The Labute approximate surface area is 208 Å². The van der Waals surface area contributed by atoms with Crippen LogP contribution in [0.4, 0.5) is 17.6 Å². The minimum Gasteiger partial charge on any atom is -0.496 e. The van der Waals surface area contributed by atoms with Gasteiger partial charge in [0, 0.05) is 12.0 Å². The number of rotatable bonds is 8. The molecule has 0 amide bonds. The van der Waals surface area contributed by atoms with Crippen LogP contribution in [0, 0.1) is 0 Å². The van der Waals surface area contributed by atoms with Crippen molar-refractivity contribution in [1.29, 1.82) is 0 Å². The Morgan fingerprint density at radius 1 is 1.11 bits per heavy atom. The number of allylic oxidation sites excluding steroid dienone is 4. The Morgan fingerprint density at radius 2 is 1.83 bits per heavy atom. The van der Waals surface area contributed by atoms with Crippen LogP contribution in [0.5, 0.6) is 11.5 Å². The average molecular weight is 503 g/mol. The molecule has 36 heavy (non-hydrogen) atoms. The third-order valence-corrected chi connectivity index (χ3v) is 5.88. The highest BCUT2D eigenvalue weighted by molar-refractivity contribution is 6.06. The second-order valence-electron chi connectivity index (χ2n) is 8.52. The predicted molar refractivity (Wildman–Crippen MR) is 134 cm³/mol. The maximum atomic E-state index is 14.0. The summed E-state index contributed by atoms with van der Waals surface area (Å²) >= 11 is 0. The van der Waals surface area contributed by atoms with E-state index in [9.17, 15) is 17.6 Å². The maximum Gasteiger partial charge on any atom is 0.419 e. The van der Waals surface area contributed by atoms with Gasteiger partial charge in [0.25, 0.3) is 0 Å². The van der Waals surface area contributed by atoms with E-state index < -0.39 is 24.0 Å². The van der Waals surface area contributed by atoms with Crippen LogP contribution < -0.4 is 15.2 Å². The second-order valence-corrected chi connectivity index (χ2v) is 8.52. The number of hydrogen-bond acceptors (Lipinski definition) is 4. The summed E-state index contributed by atoms with van der Waals surface area (Å²) in [5.41, 5.74) is 7.12. The van der Waals surface area contributed by atoms with Crippen LogP contribution in [0.15, 0.2) is 82.4 Å². The molecule has 1 aliphatic rings. The molecule has 1 aliphatic heterocycles. The minimum atomic E-state index is -4.65. The molecule has 0 aliphatic carbocycles. The van der Waals surface area contributed by atoms with Crippen molar-refractivity contribution in [2.75, 3.05) is 20.4 Å². The Kier molecular flexibility index (Phi) is 8.28. The Balaban J connectivity index is 2.39. The molecular weight excluding hydrogens is 472 g/mol. The lowest BCUT2D eigenvalue weighted by Crippen LogP contribution is -2.26. The topological polar surface area (TPSA) is 56.8 Å². The van der Waals surface area contributed by atoms with Crippen LogP contribution in [-0.4, -0.2) is 26.2 Å². The van der Waals surface area contributed by atoms with Crippen molar-refractivity contribution in [3.05, 3.63) is 94.1 Å². The van der Waals surface area contributed by atoms with Gasteiger partial charge in [0.2, 0.25) is 0 Å². The van der Waals surface area contributed by atoms with E-state index in [4.69, 9.17) is 20.2 Å². The number of amidine groups is 1. The average Bonchev–Trinajstić information content (AvgIpc) is 3.15. The van der Waals surface area contributed by atoms with Crippen molar-refractivity contribution < 1.29 is 27.0 Å².